The smallest absolute Gasteiger partial charge is 0.245 e. The summed E-state index contributed by atoms with van der Waals surface area (Å²) in [5.41, 5.74) is 3.21. The molecule has 1 aromatic carbocycles. The third-order valence-electron chi connectivity index (χ3n) is 2.64. The van der Waals surface area contributed by atoms with Crippen LogP contribution >= 0.6 is 0 Å². The fourth-order valence-electron chi connectivity index (χ4n) is 1.65. The van der Waals surface area contributed by atoms with Crippen molar-refractivity contribution in [3.05, 3.63) is 54.7 Å². The number of nitrogens with zero attached hydrogens (tertiary/aromatic N) is 4. The SMILES string of the molecule is C=C/C=N\C(=NC)n1ccc(-c2ccc(C)cc2)n1. The fourth-order valence-corrected chi connectivity index (χ4v) is 1.65. The van der Waals surface area contributed by atoms with Gasteiger partial charge in [-0.1, -0.05) is 42.5 Å². The topological polar surface area (TPSA) is 42.5 Å². The van der Waals surface area contributed by atoms with E-state index < -0.39 is 0 Å². The van der Waals surface area contributed by atoms with Gasteiger partial charge in [-0.05, 0) is 13.0 Å². The van der Waals surface area contributed by atoms with Gasteiger partial charge in [0.1, 0.15) is 0 Å². The molecule has 4 heteroatoms. The number of aryl methyl sites for hydroxylation is 1. The minimum atomic E-state index is 0.526. The van der Waals surface area contributed by atoms with E-state index in [9.17, 15) is 0 Å². The molecule has 0 aliphatic heterocycles. The predicted molar refractivity (Wildman–Crippen MR) is 79.8 cm³/mol. The van der Waals surface area contributed by atoms with Crippen molar-refractivity contribution < 1.29 is 0 Å². The summed E-state index contributed by atoms with van der Waals surface area (Å²) in [5, 5.41) is 4.47. The van der Waals surface area contributed by atoms with Crippen LogP contribution in [0.5, 0.6) is 0 Å². The minimum absolute atomic E-state index is 0.526. The zero-order valence-corrected chi connectivity index (χ0v) is 11.1. The van der Waals surface area contributed by atoms with Crippen molar-refractivity contribution in [2.75, 3.05) is 7.05 Å². The van der Waals surface area contributed by atoms with Crippen LogP contribution in [0.15, 0.2) is 59.2 Å². The third-order valence-corrected chi connectivity index (χ3v) is 2.64. The normalized spacial score (nSPS) is 12.0. The monoisotopic (exact) mass is 252 g/mol. The molecular weight excluding hydrogens is 236 g/mol. The Labute approximate surface area is 112 Å². The van der Waals surface area contributed by atoms with Gasteiger partial charge in [0.15, 0.2) is 0 Å². The Bertz CT molecular complexity index is 618. The molecule has 4 nitrogen and oxygen atoms in total. The molecule has 2 rings (SSSR count). The molecule has 0 fully saturated rings. The number of allylic oxidation sites excluding steroid dienone is 1. The van der Waals surface area contributed by atoms with Crippen LogP contribution in [-0.2, 0) is 0 Å². The van der Waals surface area contributed by atoms with Crippen molar-refractivity contribution in [1.29, 1.82) is 0 Å². The molecule has 0 N–H and O–H groups in total. The zero-order chi connectivity index (χ0) is 13.7. The predicted octanol–water partition coefficient (Wildman–Crippen LogP) is 2.95. The van der Waals surface area contributed by atoms with Crippen LogP contribution in [-0.4, -0.2) is 29.0 Å². The van der Waals surface area contributed by atoms with Crippen LogP contribution in [0.3, 0.4) is 0 Å². The summed E-state index contributed by atoms with van der Waals surface area (Å²) in [6.45, 7) is 5.65. The molecule has 19 heavy (non-hydrogen) atoms. The standard InChI is InChI=1S/C15H16N4/c1-4-10-17-15(16-3)19-11-9-14(18-19)13-7-5-12(2)6-8-13/h4-11H,1H2,2-3H3/b16-15?,17-10-. The molecular formula is C15H16N4. The molecule has 0 spiro atoms. The zero-order valence-electron chi connectivity index (χ0n) is 11.1. The van der Waals surface area contributed by atoms with Gasteiger partial charge in [0.2, 0.25) is 5.96 Å². The van der Waals surface area contributed by atoms with Gasteiger partial charge in [0, 0.05) is 25.0 Å². The van der Waals surface area contributed by atoms with E-state index in [1.54, 1.807) is 24.0 Å². The van der Waals surface area contributed by atoms with Gasteiger partial charge >= 0.3 is 0 Å². The number of benzene rings is 1. The minimum Gasteiger partial charge on any atom is -0.253 e. The van der Waals surface area contributed by atoms with Crippen LogP contribution in [0.4, 0.5) is 0 Å². The van der Waals surface area contributed by atoms with Gasteiger partial charge in [-0.3, -0.25) is 4.99 Å². The van der Waals surface area contributed by atoms with Crippen LogP contribution in [0, 0.1) is 6.92 Å². The molecule has 96 valence electrons. The number of rotatable bonds is 2. The molecule has 0 amide bonds. The molecule has 0 aliphatic rings. The summed E-state index contributed by atoms with van der Waals surface area (Å²) < 4.78 is 1.65. The molecule has 0 unspecified atom stereocenters. The Kier molecular flexibility index (Phi) is 4.03. The maximum absolute atomic E-state index is 4.47. The van der Waals surface area contributed by atoms with E-state index in [4.69, 9.17) is 0 Å². The summed E-state index contributed by atoms with van der Waals surface area (Å²) in [6, 6.07) is 10.2. The van der Waals surface area contributed by atoms with E-state index in [2.05, 4.69) is 52.9 Å². The van der Waals surface area contributed by atoms with Gasteiger partial charge in [-0.2, -0.15) is 5.10 Å². The summed E-state index contributed by atoms with van der Waals surface area (Å²) in [4.78, 5) is 8.25. The lowest BCUT2D eigenvalue weighted by molar-refractivity contribution is 0.921. The molecule has 2 aromatic rings. The van der Waals surface area contributed by atoms with Crippen molar-refractivity contribution in [3.63, 3.8) is 0 Å². The highest BCUT2D eigenvalue weighted by Gasteiger charge is 2.05. The van der Waals surface area contributed by atoms with Crippen molar-refractivity contribution in [1.82, 2.24) is 9.78 Å². The van der Waals surface area contributed by atoms with E-state index in [0.717, 1.165) is 11.3 Å². The van der Waals surface area contributed by atoms with E-state index in [1.165, 1.54) is 5.56 Å². The Morgan fingerprint density at radius 2 is 2.00 bits per heavy atom. The van der Waals surface area contributed by atoms with Crippen LogP contribution in [0.25, 0.3) is 11.3 Å². The quantitative estimate of drug-likeness (QED) is 0.598. The second-order valence-corrected chi connectivity index (χ2v) is 4.05. The van der Waals surface area contributed by atoms with Gasteiger partial charge in [-0.25, -0.2) is 9.67 Å². The first-order chi connectivity index (χ1) is 9.24. The maximum atomic E-state index is 4.47. The average Bonchev–Trinajstić information content (AvgIpc) is 2.90. The number of aliphatic imine (C=N–C) groups is 2. The molecule has 1 heterocycles. The lowest BCUT2D eigenvalue weighted by Crippen LogP contribution is -2.09. The Balaban J connectivity index is 2.30. The number of aromatic nitrogens is 2. The van der Waals surface area contributed by atoms with E-state index in [-0.39, 0.29) is 0 Å². The molecule has 0 saturated carbocycles. The first-order valence-corrected chi connectivity index (χ1v) is 5.99. The molecule has 0 radical (unpaired) electrons. The van der Waals surface area contributed by atoms with Gasteiger partial charge in [-0.15, -0.1) is 0 Å². The Morgan fingerprint density at radius 1 is 1.26 bits per heavy atom. The number of hydrogen-bond donors (Lipinski definition) is 0. The second-order valence-electron chi connectivity index (χ2n) is 4.05. The lowest BCUT2D eigenvalue weighted by Gasteiger charge is -1.99. The van der Waals surface area contributed by atoms with Crippen molar-refractivity contribution >= 4 is 12.2 Å². The third kappa shape index (κ3) is 3.04. The first-order valence-electron chi connectivity index (χ1n) is 5.99. The van der Waals surface area contributed by atoms with E-state index >= 15 is 0 Å². The maximum Gasteiger partial charge on any atom is 0.245 e. The molecule has 0 saturated heterocycles. The van der Waals surface area contributed by atoms with Crippen molar-refractivity contribution in [2.45, 2.75) is 6.92 Å². The van der Waals surface area contributed by atoms with Crippen LogP contribution < -0.4 is 0 Å². The summed E-state index contributed by atoms with van der Waals surface area (Å²) in [6.07, 6.45) is 5.04. The average molecular weight is 252 g/mol. The molecule has 1 aromatic heterocycles. The van der Waals surface area contributed by atoms with Crippen molar-refractivity contribution in [3.8, 4) is 11.3 Å². The lowest BCUT2D eigenvalue weighted by atomic mass is 10.1. The van der Waals surface area contributed by atoms with Gasteiger partial charge < -0.3 is 0 Å². The first kappa shape index (κ1) is 13.0. The number of hydrogen-bond acceptors (Lipinski definition) is 2. The largest absolute Gasteiger partial charge is 0.253 e. The van der Waals surface area contributed by atoms with E-state index in [1.807, 2.05) is 12.3 Å². The highest BCUT2D eigenvalue weighted by Crippen LogP contribution is 2.17. The second kappa shape index (κ2) is 5.91. The fraction of sp³-hybridized carbons (Fsp3) is 0.133. The van der Waals surface area contributed by atoms with Crippen LogP contribution in [0.1, 0.15) is 5.56 Å². The van der Waals surface area contributed by atoms with Crippen molar-refractivity contribution in [2.24, 2.45) is 9.98 Å². The Hall–Kier alpha value is -2.49. The van der Waals surface area contributed by atoms with Gasteiger partial charge in [0.05, 0.1) is 5.69 Å². The highest BCUT2D eigenvalue weighted by atomic mass is 15.4. The summed E-state index contributed by atoms with van der Waals surface area (Å²) >= 11 is 0. The molecule has 0 bridgehead atoms. The van der Waals surface area contributed by atoms with Gasteiger partial charge in [0.25, 0.3) is 0 Å². The Morgan fingerprint density at radius 3 is 2.63 bits per heavy atom. The molecule has 0 aliphatic carbocycles. The summed E-state index contributed by atoms with van der Waals surface area (Å²) in [5.74, 6) is 0.526. The summed E-state index contributed by atoms with van der Waals surface area (Å²) in [7, 11) is 1.68. The van der Waals surface area contributed by atoms with E-state index in [0.29, 0.717) is 5.96 Å². The van der Waals surface area contributed by atoms with Crippen LogP contribution in [0.2, 0.25) is 0 Å². The molecule has 0 atom stereocenters. The highest BCUT2D eigenvalue weighted by molar-refractivity contribution is 5.91.